The second-order valence-corrected chi connectivity index (χ2v) is 6.14. The second kappa shape index (κ2) is 8.69. The summed E-state index contributed by atoms with van der Waals surface area (Å²) in [5.74, 6) is -1.76. The van der Waals surface area contributed by atoms with Crippen LogP contribution >= 0.6 is 23.2 Å². The Morgan fingerprint density at radius 2 is 1.42 bits per heavy atom. The highest BCUT2D eigenvalue weighted by molar-refractivity contribution is 6.35. The Bertz CT molecular complexity index is 816. The van der Waals surface area contributed by atoms with Crippen molar-refractivity contribution < 1.29 is 23.9 Å². The SMILES string of the molecule is COC(=O)c1ccc(C(=O)O[C@@H](C)C(=O)Nc2cc(Cl)cc(Cl)c2)cc1. The molecular weight excluding hydrogens is 381 g/mol. The molecule has 0 saturated carbocycles. The molecule has 0 radical (unpaired) electrons. The molecule has 1 N–H and O–H groups in total. The molecule has 0 fully saturated rings. The minimum absolute atomic E-state index is 0.197. The first kappa shape index (κ1) is 19.8. The van der Waals surface area contributed by atoms with Crippen LogP contribution in [0.5, 0.6) is 0 Å². The molecule has 136 valence electrons. The molecule has 0 spiro atoms. The first-order valence-electron chi connectivity index (χ1n) is 7.46. The number of amides is 1. The molecule has 0 aliphatic carbocycles. The molecule has 0 saturated heterocycles. The van der Waals surface area contributed by atoms with Crippen LogP contribution in [0.4, 0.5) is 5.69 Å². The van der Waals surface area contributed by atoms with Crippen LogP contribution in [0, 0.1) is 0 Å². The lowest BCUT2D eigenvalue weighted by Crippen LogP contribution is -2.30. The van der Waals surface area contributed by atoms with Crippen molar-refractivity contribution in [2.24, 2.45) is 0 Å². The zero-order chi connectivity index (χ0) is 19.3. The second-order valence-electron chi connectivity index (χ2n) is 5.26. The quantitative estimate of drug-likeness (QED) is 0.774. The van der Waals surface area contributed by atoms with Crippen molar-refractivity contribution in [3.05, 3.63) is 63.6 Å². The van der Waals surface area contributed by atoms with Crippen LogP contribution < -0.4 is 5.32 Å². The Labute approximate surface area is 160 Å². The summed E-state index contributed by atoms with van der Waals surface area (Å²) in [6.07, 6.45) is -1.06. The molecule has 6 nitrogen and oxygen atoms in total. The van der Waals surface area contributed by atoms with Crippen LogP contribution in [0.25, 0.3) is 0 Å². The summed E-state index contributed by atoms with van der Waals surface area (Å²) in [6.45, 7) is 1.43. The summed E-state index contributed by atoms with van der Waals surface area (Å²) in [5, 5.41) is 3.29. The van der Waals surface area contributed by atoms with E-state index in [2.05, 4.69) is 10.1 Å². The monoisotopic (exact) mass is 395 g/mol. The normalized spacial score (nSPS) is 11.4. The summed E-state index contributed by atoms with van der Waals surface area (Å²) >= 11 is 11.7. The van der Waals surface area contributed by atoms with Gasteiger partial charge in [-0.2, -0.15) is 0 Å². The molecule has 2 rings (SSSR count). The van der Waals surface area contributed by atoms with Crippen molar-refractivity contribution in [3.63, 3.8) is 0 Å². The van der Waals surface area contributed by atoms with Crippen LogP contribution in [0.1, 0.15) is 27.6 Å². The lowest BCUT2D eigenvalue weighted by atomic mass is 10.1. The number of methoxy groups -OCH3 is 1. The van der Waals surface area contributed by atoms with Crippen molar-refractivity contribution in [2.75, 3.05) is 12.4 Å². The van der Waals surface area contributed by atoms with E-state index in [4.69, 9.17) is 27.9 Å². The Morgan fingerprint density at radius 3 is 1.92 bits per heavy atom. The summed E-state index contributed by atoms with van der Waals surface area (Å²) in [7, 11) is 1.26. The lowest BCUT2D eigenvalue weighted by molar-refractivity contribution is -0.123. The van der Waals surface area contributed by atoms with Gasteiger partial charge in [-0.15, -0.1) is 0 Å². The van der Waals surface area contributed by atoms with Crippen molar-refractivity contribution >= 4 is 46.7 Å². The topological polar surface area (TPSA) is 81.7 Å². The molecule has 2 aromatic carbocycles. The molecule has 2 aromatic rings. The van der Waals surface area contributed by atoms with Crippen LogP contribution in [0.15, 0.2) is 42.5 Å². The Balaban J connectivity index is 1.99. The van der Waals surface area contributed by atoms with Crippen molar-refractivity contribution in [1.82, 2.24) is 0 Å². The Morgan fingerprint density at radius 1 is 0.923 bits per heavy atom. The third-order valence-corrected chi connectivity index (χ3v) is 3.76. The van der Waals surface area contributed by atoms with E-state index in [1.54, 1.807) is 0 Å². The average Bonchev–Trinajstić information content (AvgIpc) is 2.60. The molecule has 0 heterocycles. The number of halogens is 2. The van der Waals surface area contributed by atoms with Crippen molar-refractivity contribution in [2.45, 2.75) is 13.0 Å². The minimum atomic E-state index is -1.06. The van der Waals surface area contributed by atoms with Gasteiger partial charge in [0, 0.05) is 15.7 Å². The van der Waals surface area contributed by atoms with E-state index in [-0.39, 0.29) is 5.56 Å². The maximum Gasteiger partial charge on any atom is 0.338 e. The Kier molecular flexibility index (Phi) is 6.60. The van der Waals surface area contributed by atoms with Gasteiger partial charge in [0.2, 0.25) is 0 Å². The van der Waals surface area contributed by atoms with E-state index in [9.17, 15) is 14.4 Å². The van der Waals surface area contributed by atoms with Gasteiger partial charge in [-0.3, -0.25) is 4.79 Å². The minimum Gasteiger partial charge on any atom is -0.465 e. The fourth-order valence-corrected chi connectivity index (χ4v) is 2.54. The molecular formula is C18H15Cl2NO5. The van der Waals surface area contributed by atoms with Gasteiger partial charge in [0.25, 0.3) is 5.91 Å². The number of hydrogen-bond acceptors (Lipinski definition) is 5. The van der Waals surface area contributed by atoms with E-state index in [0.717, 1.165) is 0 Å². The molecule has 1 amide bonds. The highest BCUT2D eigenvalue weighted by atomic mass is 35.5. The van der Waals surface area contributed by atoms with Gasteiger partial charge in [-0.05, 0) is 49.4 Å². The van der Waals surface area contributed by atoms with Gasteiger partial charge in [0.15, 0.2) is 6.10 Å². The van der Waals surface area contributed by atoms with Gasteiger partial charge in [0.1, 0.15) is 0 Å². The van der Waals surface area contributed by atoms with E-state index in [1.165, 1.54) is 56.5 Å². The fraction of sp³-hybridized carbons (Fsp3) is 0.167. The average molecular weight is 396 g/mol. The molecule has 0 unspecified atom stereocenters. The zero-order valence-corrected chi connectivity index (χ0v) is 15.4. The maximum absolute atomic E-state index is 12.1. The number of ether oxygens (including phenoxy) is 2. The molecule has 0 aliphatic rings. The number of benzene rings is 2. The Hall–Kier alpha value is -2.57. The zero-order valence-electron chi connectivity index (χ0n) is 13.9. The third kappa shape index (κ3) is 5.21. The van der Waals surface area contributed by atoms with E-state index < -0.39 is 23.9 Å². The van der Waals surface area contributed by atoms with Crippen molar-refractivity contribution in [3.8, 4) is 0 Å². The number of hydrogen-bond donors (Lipinski definition) is 1. The first-order valence-corrected chi connectivity index (χ1v) is 8.22. The van der Waals surface area contributed by atoms with Crippen LogP contribution in [0.2, 0.25) is 10.0 Å². The van der Waals surface area contributed by atoms with Gasteiger partial charge in [-0.1, -0.05) is 23.2 Å². The summed E-state index contributed by atoms with van der Waals surface area (Å²) in [4.78, 5) is 35.6. The van der Waals surface area contributed by atoms with Crippen LogP contribution in [-0.4, -0.2) is 31.1 Å². The predicted molar refractivity (Wildman–Crippen MR) is 97.8 cm³/mol. The van der Waals surface area contributed by atoms with E-state index >= 15 is 0 Å². The summed E-state index contributed by atoms with van der Waals surface area (Å²) in [5.41, 5.74) is 0.883. The number of rotatable bonds is 5. The molecule has 0 aliphatic heterocycles. The van der Waals surface area contributed by atoms with E-state index in [1.807, 2.05) is 0 Å². The highest BCUT2D eigenvalue weighted by Gasteiger charge is 2.19. The molecule has 26 heavy (non-hydrogen) atoms. The number of carbonyl (C=O) groups is 3. The largest absolute Gasteiger partial charge is 0.465 e. The van der Waals surface area contributed by atoms with Gasteiger partial charge >= 0.3 is 11.9 Å². The predicted octanol–water partition coefficient (Wildman–Crippen LogP) is 3.96. The molecule has 0 bridgehead atoms. The number of nitrogens with one attached hydrogen (secondary N) is 1. The molecule has 1 atom stereocenters. The molecule has 0 aromatic heterocycles. The highest BCUT2D eigenvalue weighted by Crippen LogP contribution is 2.22. The number of esters is 2. The van der Waals surface area contributed by atoms with Gasteiger partial charge in [-0.25, -0.2) is 9.59 Å². The third-order valence-electron chi connectivity index (χ3n) is 3.32. The molecule has 8 heteroatoms. The fourth-order valence-electron chi connectivity index (χ4n) is 2.01. The maximum atomic E-state index is 12.1. The van der Waals surface area contributed by atoms with Gasteiger partial charge < -0.3 is 14.8 Å². The standard InChI is InChI=1S/C18H15Cl2NO5/c1-10(16(22)21-15-8-13(19)7-14(20)9-15)26-18(24)12-5-3-11(4-6-12)17(23)25-2/h3-10H,1-2H3,(H,21,22)/t10-/m0/s1. The first-order chi connectivity index (χ1) is 12.3. The summed E-state index contributed by atoms with van der Waals surface area (Å²) < 4.78 is 9.70. The van der Waals surface area contributed by atoms with Gasteiger partial charge in [0.05, 0.1) is 18.2 Å². The lowest BCUT2D eigenvalue weighted by Gasteiger charge is -2.14. The van der Waals surface area contributed by atoms with Crippen LogP contribution in [0.3, 0.4) is 0 Å². The van der Waals surface area contributed by atoms with E-state index in [0.29, 0.717) is 21.3 Å². The van der Waals surface area contributed by atoms with Crippen LogP contribution in [-0.2, 0) is 14.3 Å². The number of anilines is 1. The van der Waals surface area contributed by atoms with Crippen molar-refractivity contribution in [1.29, 1.82) is 0 Å². The smallest absolute Gasteiger partial charge is 0.338 e. The number of carbonyl (C=O) groups excluding carboxylic acids is 3. The summed E-state index contributed by atoms with van der Waals surface area (Å²) in [6, 6.07) is 10.3.